The van der Waals surface area contributed by atoms with Crippen LogP contribution in [0.4, 0.5) is 34.1 Å². The number of aryl methyl sites for hydroxylation is 3. The molecule has 0 spiro atoms. The average Bonchev–Trinajstić information content (AvgIpc) is 3.75. The van der Waals surface area contributed by atoms with E-state index in [0.717, 1.165) is 101 Å². The summed E-state index contributed by atoms with van der Waals surface area (Å²) in [4.78, 5) is 15.0. The Kier molecular flexibility index (Phi) is 11.5. The van der Waals surface area contributed by atoms with Gasteiger partial charge >= 0.3 is 0 Å². The molecule has 12 aromatic rings. The highest BCUT2D eigenvalue weighted by Crippen LogP contribution is 2.43. The molecule has 72 heavy (non-hydrogen) atoms. The Hall–Kier alpha value is -9.32. The first kappa shape index (κ1) is 43.9. The Labute approximate surface area is 421 Å². The Morgan fingerprint density at radius 2 is 0.722 bits per heavy atom. The molecule has 0 amide bonds. The third-order valence-corrected chi connectivity index (χ3v) is 13.8. The number of anilines is 6. The van der Waals surface area contributed by atoms with Crippen LogP contribution in [0.25, 0.3) is 72.5 Å². The lowest BCUT2D eigenvalue weighted by molar-refractivity contribution is 1.15. The molecule has 2 heterocycles. The monoisotopic (exact) mass is 925 g/mol. The topological polar surface area (TPSA) is 37.2 Å². The van der Waals surface area contributed by atoms with Gasteiger partial charge in [-0.3, -0.25) is 0 Å². The molecule has 2 aromatic heterocycles. The highest BCUT2D eigenvalue weighted by molar-refractivity contribution is 6.12. The smallest absolute Gasteiger partial charge is 0.160 e. The molecule has 344 valence electrons. The molecule has 0 atom stereocenters. The molecule has 10 aromatic carbocycles. The summed E-state index contributed by atoms with van der Waals surface area (Å²) >= 11 is 0. The van der Waals surface area contributed by atoms with Crippen molar-refractivity contribution in [2.75, 3.05) is 9.80 Å². The van der Waals surface area contributed by atoms with Gasteiger partial charge in [-0.25, -0.2) is 9.97 Å². The van der Waals surface area contributed by atoms with E-state index in [4.69, 9.17) is 9.97 Å². The van der Waals surface area contributed by atoms with Crippen molar-refractivity contribution in [1.82, 2.24) is 14.5 Å². The van der Waals surface area contributed by atoms with Gasteiger partial charge < -0.3 is 14.4 Å². The van der Waals surface area contributed by atoms with E-state index in [2.05, 4.69) is 290 Å². The van der Waals surface area contributed by atoms with Gasteiger partial charge in [0.05, 0.1) is 22.4 Å². The first-order valence-electron chi connectivity index (χ1n) is 24.6. The van der Waals surface area contributed by atoms with Crippen LogP contribution < -0.4 is 9.80 Å². The second-order valence-corrected chi connectivity index (χ2v) is 18.4. The fourth-order valence-corrected chi connectivity index (χ4v) is 10.2. The van der Waals surface area contributed by atoms with Gasteiger partial charge in [0.1, 0.15) is 0 Å². The van der Waals surface area contributed by atoms with E-state index in [9.17, 15) is 0 Å². The second kappa shape index (κ2) is 18.9. The van der Waals surface area contributed by atoms with Gasteiger partial charge in [0.25, 0.3) is 0 Å². The molecule has 0 aliphatic carbocycles. The van der Waals surface area contributed by atoms with Crippen molar-refractivity contribution in [2.45, 2.75) is 20.8 Å². The molecule has 12 rings (SSSR count). The van der Waals surface area contributed by atoms with Crippen LogP contribution in [0.1, 0.15) is 16.7 Å². The fraction of sp³-hybridized carbons (Fsp3) is 0.0448. The third-order valence-electron chi connectivity index (χ3n) is 13.8. The summed E-state index contributed by atoms with van der Waals surface area (Å²) in [6, 6.07) is 90.9. The van der Waals surface area contributed by atoms with E-state index in [1.807, 2.05) is 0 Å². The van der Waals surface area contributed by atoms with Crippen LogP contribution in [-0.4, -0.2) is 14.5 Å². The number of hydrogen-bond acceptors (Lipinski definition) is 4. The van der Waals surface area contributed by atoms with Gasteiger partial charge in [0.2, 0.25) is 0 Å². The molecular formula is C67H51N5. The van der Waals surface area contributed by atoms with E-state index in [0.29, 0.717) is 0 Å². The Bertz CT molecular complexity index is 3600. The highest BCUT2D eigenvalue weighted by atomic mass is 15.1. The van der Waals surface area contributed by atoms with Crippen molar-refractivity contribution >= 4 is 55.9 Å². The predicted molar refractivity (Wildman–Crippen MR) is 302 cm³/mol. The second-order valence-electron chi connectivity index (χ2n) is 18.4. The lowest BCUT2D eigenvalue weighted by atomic mass is 9.99. The van der Waals surface area contributed by atoms with Crippen LogP contribution in [0.5, 0.6) is 0 Å². The zero-order valence-electron chi connectivity index (χ0n) is 40.5. The quantitative estimate of drug-likeness (QED) is 0.130. The lowest BCUT2D eigenvalue weighted by Gasteiger charge is -2.26. The molecule has 5 nitrogen and oxygen atoms in total. The molecule has 0 N–H and O–H groups in total. The van der Waals surface area contributed by atoms with Gasteiger partial charge in [-0.1, -0.05) is 152 Å². The molecule has 0 unspecified atom stereocenters. The standard InChI is InChI=1S/C67H51N5/c1-46-20-16-18-30-58(46)63-45-62(68-67(69-63)59-31-19-17-21-47(59)2)50-34-32-49(33-35-50)51-36-39-64(48(3)42-51)72-65-40-37-56(70(52-22-8-4-9-23-52)53-24-10-5-11-25-53)43-60(65)61-44-57(38-41-66(61)72)71(54-26-12-6-13-27-54)55-28-14-7-15-29-55/h4-45H,1-3H3. The number of para-hydroxylation sites is 4. The van der Waals surface area contributed by atoms with Crippen LogP contribution in [-0.2, 0) is 0 Å². The number of fused-ring (bicyclic) bond motifs is 3. The van der Waals surface area contributed by atoms with Crippen molar-refractivity contribution in [2.24, 2.45) is 0 Å². The maximum absolute atomic E-state index is 5.17. The summed E-state index contributed by atoms with van der Waals surface area (Å²) in [7, 11) is 0. The fourth-order valence-electron chi connectivity index (χ4n) is 10.2. The Morgan fingerprint density at radius 3 is 1.19 bits per heavy atom. The molecule has 0 bridgehead atoms. The zero-order chi connectivity index (χ0) is 48.5. The third kappa shape index (κ3) is 8.27. The summed E-state index contributed by atoms with van der Waals surface area (Å²) < 4.78 is 2.44. The molecular weight excluding hydrogens is 875 g/mol. The van der Waals surface area contributed by atoms with Gasteiger partial charge in [-0.05, 0) is 152 Å². The van der Waals surface area contributed by atoms with E-state index < -0.39 is 0 Å². The first-order valence-corrected chi connectivity index (χ1v) is 24.6. The van der Waals surface area contributed by atoms with Gasteiger partial charge in [0, 0.05) is 67.3 Å². The SMILES string of the molecule is Cc1ccccc1-c1cc(-c2ccc(-c3ccc(-n4c5ccc(N(c6ccccc6)c6ccccc6)cc5c5cc(N(c6ccccc6)c6ccccc6)ccc54)c(C)c3)cc2)nc(-c2ccccc2C)n1. The zero-order valence-corrected chi connectivity index (χ0v) is 40.5. The lowest BCUT2D eigenvalue weighted by Crippen LogP contribution is -2.09. The summed E-state index contributed by atoms with van der Waals surface area (Å²) in [5.41, 5.74) is 20.8. The molecule has 0 aliphatic rings. The highest BCUT2D eigenvalue weighted by Gasteiger charge is 2.21. The number of hydrogen-bond donors (Lipinski definition) is 0. The molecule has 0 saturated heterocycles. The number of aromatic nitrogens is 3. The number of benzene rings is 10. The molecule has 0 aliphatic heterocycles. The van der Waals surface area contributed by atoms with Crippen molar-refractivity contribution in [3.05, 3.63) is 271 Å². The normalized spacial score (nSPS) is 11.3. The van der Waals surface area contributed by atoms with Crippen molar-refractivity contribution in [3.63, 3.8) is 0 Å². The van der Waals surface area contributed by atoms with Crippen LogP contribution in [0.15, 0.2) is 255 Å². The van der Waals surface area contributed by atoms with Gasteiger partial charge in [-0.2, -0.15) is 0 Å². The largest absolute Gasteiger partial charge is 0.310 e. The maximum atomic E-state index is 5.17. The van der Waals surface area contributed by atoms with Crippen LogP contribution >= 0.6 is 0 Å². The van der Waals surface area contributed by atoms with Gasteiger partial charge in [-0.15, -0.1) is 0 Å². The first-order chi connectivity index (χ1) is 35.4. The van der Waals surface area contributed by atoms with Crippen molar-refractivity contribution in [3.8, 4) is 50.7 Å². The number of nitrogens with zero attached hydrogens (tertiary/aromatic N) is 5. The van der Waals surface area contributed by atoms with E-state index in [-0.39, 0.29) is 0 Å². The number of rotatable bonds is 11. The van der Waals surface area contributed by atoms with Crippen molar-refractivity contribution < 1.29 is 0 Å². The summed E-state index contributed by atoms with van der Waals surface area (Å²) in [6.07, 6.45) is 0. The minimum absolute atomic E-state index is 0.728. The summed E-state index contributed by atoms with van der Waals surface area (Å²) in [6.45, 7) is 6.49. The molecule has 0 fully saturated rings. The summed E-state index contributed by atoms with van der Waals surface area (Å²) in [5.74, 6) is 0.728. The van der Waals surface area contributed by atoms with E-state index in [1.54, 1.807) is 0 Å². The van der Waals surface area contributed by atoms with Crippen LogP contribution in [0.2, 0.25) is 0 Å². The predicted octanol–water partition coefficient (Wildman–Crippen LogP) is 18.1. The molecule has 0 saturated carbocycles. The average molecular weight is 926 g/mol. The van der Waals surface area contributed by atoms with Crippen LogP contribution in [0.3, 0.4) is 0 Å². The Morgan fingerprint density at radius 1 is 0.306 bits per heavy atom. The minimum atomic E-state index is 0.728. The van der Waals surface area contributed by atoms with E-state index in [1.165, 1.54) is 21.9 Å². The van der Waals surface area contributed by atoms with Crippen LogP contribution in [0, 0.1) is 20.8 Å². The van der Waals surface area contributed by atoms with Crippen molar-refractivity contribution in [1.29, 1.82) is 0 Å². The Balaban J connectivity index is 0.969. The maximum Gasteiger partial charge on any atom is 0.160 e. The minimum Gasteiger partial charge on any atom is -0.310 e. The van der Waals surface area contributed by atoms with Gasteiger partial charge in [0.15, 0.2) is 5.82 Å². The van der Waals surface area contributed by atoms with E-state index >= 15 is 0 Å². The molecule has 0 radical (unpaired) electrons. The molecule has 5 heteroatoms. The summed E-state index contributed by atoms with van der Waals surface area (Å²) in [5, 5.41) is 2.34.